The second-order valence-electron chi connectivity index (χ2n) is 11.2. The van der Waals surface area contributed by atoms with Crippen molar-refractivity contribution in [1.29, 1.82) is 0 Å². The summed E-state index contributed by atoms with van der Waals surface area (Å²) in [5, 5.41) is 0. The van der Waals surface area contributed by atoms with Crippen molar-refractivity contribution in [3.05, 3.63) is 0 Å². The monoisotopic (exact) mass is 422 g/mol. The fourth-order valence-electron chi connectivity index (χ4n) is 7.85. The van der Waals surface area contributed by atoms with Crippen molar-refractivity contribution < 1.29 is 8.85 Å². The van der Waals surface area contributed by atoms with Gasteiger partial charge in [-0.3, -0.25) is 9.13 Å². The van der Waals surface area contributed by atoms with Gasteiger partial charge >= 0.3 is 8.88 Å². The van der Waals surface area contributed by atoms with Gasteiger partial charge in [0.15, 0.2) is 0 Å². The fourth-order valence-corrected chi connectivity index (χ4v) is 11.9. The molecular formula is C24H46N2O2Si. The molecular weight excluding hydrogens is 376 g/mol. The van der Waals surface area contributed by atoms with E-state index in [0.717, 1.165) is 48.6 Å². The minimum Gasteiger partial charge on any atom is -0.374 e. The maximum atomic E-state index is 6.60. The Morgan fingerprint density at radius 2 is 1.07 bits per heavy atom. The summed E-state index contributed by atoms with van der Waals surface area (Å²) in [4.78, 5) is 0. The third-order valence-electron chi connectivity index (χ3n) is 9.19. The van der Waals surface area contributed by atoms with E-state index >= 15 is 0 Å². The number of hydrogen-bond acceptors (Lipinski definition) is 4. The SMILES string of the molecule is CO[Si](OC)(N1CC(C)CC2C(C)CCCC21)N1CC(C)CC2C(C)CCCC21. The van der Waals surface area contributed by atoms with Crippen LogP contribution in [0.15, 0.2) is 0 Å². The minimum atomic E-state index is -2.63. The molecule has 0 spiro atoms. The number of piperidine rings is 2. The van der Waals surface area contributed by atoms with Gasteiger partial charge in [-0.05, 0) is 74.3 Å². The summed E-state index contributed by atoms with van der Waals surface area (Å²) in [6.45, 7) is 12.2. The van der Waals surface area contributed by atoms with E-state index in [-0.39, 0.29) is 0 Å². The number of fused-ring (bicyclic) bond motifs is 2. The molecule has 4 aliphatic rings. The average Bonchev–Trinajstić information content (AvgIpc) is 2.71. The quantitative estimate of drug-likeness (QED) is 0.595. The number of hydrogen-bond donors (Lipinski definition) is 0. The van der Waals surface area contributed by atoms with Crippen LogP contribution in [0, 0.1) is 35.5 Å². The highest BCUT2D eigenvalue weighted by Crippen LogP contribution is 2.47. The summed E-state index contributed by atoms with van der Waals surface area (Å²) in [6.07, 6.45) is 11.0. The molecule has 2 aliphatic heterocycles. The summed E-state index contributed by atoms with van der Waals surface area (Å²) < 4.78 is 18.8. The van der Waals surface area contributed by atoms with Gasteiger partial charge in [-0.1, -0.05) is 53.4 Å². The lowest BCUT2D eigenvalue weighted by atomic mass is 9.71. The molecule has 4 rings (SSSR count). The Balaban J connectivity index is 1.70. The molecule has 8 unspecified atom stereocenters. The topological polar surface area (TPSA) is 24.9 Å². The van der Waals surface area contributed by atoms with Gasteiger partial charge in [0.05, 0.1) is 0 Å². The van der Waals surface area contributed by atoms with E-state index in [9.17, 15) is 0 Å². The van der Waals surface area contributed by atoms with E-state index < -0.39 is 8.88 Å². The first-order valence-electron chi connectivity index (χ1n) is 12.5. The highest BCUT2D eigenvalue weighted by molar-refractivity contribution is 6.61. The third kappa shape index (κ3) is 3.88. The van der Waals surface area contributed by atoms with Crippen molar-refractivity contribution in [1.82, 2.24) is 9.13 Å². The van der Waals surface area contributed by atoms with Crippen LogP contribution < -0.4 is 0 Å². The molecule has 0 N–H and O–H groups in total. The van der Waals surface area contributed by atoms with Gasteiger partial charge < -0.3 is 8.85 Å². The maximum Gasteiger partial charge on any atom is 0.522 e. The molecule has 2 aliphatic carbocycles. The van der Waals surface area contributed by atoms with Crippen LogP contribution in [0.5, 0.6) is 0 Å². The molecule has 0 amide bonds. The van der Waals surface area contributed by atoms with Crippen molar-refractivity contribution in [3.63, 3.8) is 0 Å². The second kappa shape index (κ2) is 8.89. The zero-order valence-corrected chi connectivity index (χ0v) is 20.9. The molecule has 2 saturated carbocycles. The van der Waals surface area contributed by atoms with Crippen molar-refractivity contribution in [3.8, 4) is 0 Å². The van der Waals surface area contributed by atoms with Crippen LogP contribution in [-0.2, 0) is 8.85 Å². The van der Waals surface area contributed by atoms with E-state index in [1.807, 2.05) is 14.2 Å². The van der Waals surface area contributed by atoms with Gasteiger partial charge in [0.1, 0.15) is 0 Å². The van der Waals surface area contributed by atoms with Gasteiger partial charge in [-0.15, -0.1) is 0 Å². The van der Waals surface area contributed by atoms with E-state index in [1.54, 1.807) is 0 Å². The first kappa shape index (κ1) is 22.3. The maximum absolute atomic E-state index is 6.60. The molecule has 29 heavy (non-hydrogen) atoms. The lowest BCUT2D eigenvalue weighted by Crippen LogP contribution is -2.78. The average molecular weight is 423 g/mol. The van der Waals surface area contributed by atoms with Crippen molar-refractivity contribution in [2.75, 3.05) is 27.3 Å². The molecule has 8 atom stereocenters. The number of rotatable bonds is 4. The Bertz CT molecular complexity index is 513. The molecule has 4 nitrogen and oxygen atoms in total. The Morgan fingerprint density at radius 3 is 1.45 bits per heavy atom. The summed E-state index contributed by atoms with van der Waals surface area (Å²) in [7, 11) is 1.28. The number of nitrogens with zero attached hydrogens (tertiary/aromatic N) is 2. The zero-order chi connectivity index (χ0) is 20.8. The van der Waals surface area contributed by atoms with Gasteiger partial charge in [-0.2, -0.15) is 0 Å². The van der Waals surface area contributed by atoms with Crippen LogP contribution in [0.25, 0.3) is 0 Å². The first-order chi connectivity index (χ1) is 13.9. The molecule has 2 saturated heterocycles. The predicted molar refractivity (Wildman–Crippen MR) is 121 cm³/mol. The Labute approximate surface area is 181 Å². The summed E-state index contributed by atoms with van der Waals surface area (Å²) in [5.41, 5.74) is 0. The van der Waals surface area contributed by atoms with Crippen molar-refractivity contribution in [2.45, 2.75) is 91.1 Å². The molecule has 168 valence electrons. The van der Waals surface area contributed by atoms with Crippen molar-refractivity contribution in [2.24, 2.45) is 35.5 Å². The standard InChI is InChI=1S/C24H46N2O2Si/c1-17-13-21-19(3)9-7-11-23(21)25(15-17)29(27-5,28-6)26-16-18(2)14-22-20(4)10-8-12-24(22)26/h17-24H,7-16H2,1-6H3. The summed E-state index contributed by atoms with van der Waals surface area (Å²) >= 11 is 0. The van der Waals surface area contributed by atoms with Gasteiger partial charge in [0.25, 0.3) is 0 Å². The second-order valence-corrected chi connectivity index (χ2v) is 14.3. The molecule has 5 heteroatoms. The van der Waals surface area contributed by atoms with Crippen molar-refractivity contribution >= 4 is 8.88 Å². The molecule has 0 radical (unpaired) electrons. The highest BCUT2D eigenvalue weighted by Gasteiger charge is 2.60. The normalized spacial score (nSPS) is 44.9. The molecule has 2 heterocycles. The van der Waals surface area contributed by atoms with Gasteiger partial charge in [0, 0.05) is 26.3 Å². The van der Waals surface area contributed by atoms with Gasteiger partial charge in [0.2, 0.25) is 0 Å². The lowest BCUT2D eigenvalue weighted by molar-refractivity contribution is -0.0432. The van der Waals surface area contributed by atoms with E-state index in [4.69, 9.17) is 8.85 Å². The Morgan fingerprint density at radius 1 is 0.655 bits per heavy atom. The summed E-state index contributed by atoms with van der Waals surface area (Å²) in [5.74, 6) is 4.76. The lowest BCUT2D eigenvalue weighted by Gasteiger charge is -2.59. The first-order valence-corrected chi connectivity index (χ1v) is 14.3. The predicted octanol–water partition coefficient (Wildman–Crippen LogP) is 5.01. The Kier molecular flexibility index (Phi) is 6.83. The largest absolute Gasteiger partial charge is 0.522 e. The molecule has 0 aromatic rings. The molecule has 4 fully saturated rings. The molecule has 0 bridgehead atoms. The van der Waals surface area contributed by atoms with Crippen LogP contribution in [0.1, 0.15) is 79.1 Å². The highest BCUT2D eigenvalue weighted by atomic mass is 28.4. The van der Waals surface area contributed by atoms with E-state index in [0.29, 0.717) is 12.1 Å². The third-order valence-corrected chi connectivity index (χ3v) is 12.7. The van der Waals surface area contributed by atoms with E-state index in [1.165, 1.54) is 51.4 Å². The zero-order valence-electron chi connectivity index (χ0n) is 19.9. The smallest absolute Gasteiger partial charge is 0.374 e. The van der Waals surface area contributed by atoms with Crippen LogP contribution in [0.4, 0.5) is 0 Å². The van der Waals surface area contributed by atoms with Gasteiger partial charge in [-0.25, -0.2) is 0 Å². The molecule has 0 aromatic heterocycles. The Hall–Kier alpha value is 0.0569. The van der Waals surface area contributed by atoms with Crippen LogP contribution >= 0.6 is 0 Å². The fraction of sp³-hybridized carbons (Fsp3) is 1.00. The van der Waals surface area contributed by atoms with Crippen LogP contribution in [0.2, 0.25) is 0 Å². The van der Waals surface area contributed by atoms with Crippen LogP contribution in [-0.4, -0.2) is 57.4 Å². The van der Waals surface area contributed by atoms with Crippen LogP contribution in [0.3, 0.4) is 0 Å². The molecule has 0 aromatic carbocycles. The minimum absolute atomic E-state index is 0.651. The summed E-state index contributed by atoms with van der Waals surface area (Å²) in [6, 6.07) is 1.30. The van der Waals surface area contributed by atoms with E-state index in [2.05, 4.69) is 36.8 Å².